The van der Waals surface area contributed by atoms with E-state index in [0.717, 1.165) is 41.8 Å². The Balaban J connectivity index is 0.00000210. The number of anilines is 1. The zero-order chi connectivity index (χ0) is 18.0. The molecule has 2 aromatic carbocycles. The monoisotopic (exact) mass is 386 g/mol. The van der Waals surface area contributed by atoms with Crippen molar-refractivity contribution in [3.8, 4) is 5.75 Å². The van der Waals surface area contributed by atoms with E-state index in [1.165, 1.54) is 12.8 Å². The van der Waals surface area contributed by atoms with Crippen molar-refractivity contribution in [1.82, 2.24) is 5.32 Å². The van der Waals surface area contributed by atoms with Crippen molar-refractivity contribution in [2.75, 3.05) is 5.73 Å². The van der Waals surface area contributed by atoms with Gasteiger partial charge in [-0.2, -0.15) is 0 Å². The maximum Gasteiger partial charge on any atom is 0.220 e. The summed E-state index contributed by atoms with van der Waals surface area (Å²) in [5.74, 6) is 1.00. The highest BCUT2D eigenvalue weighted by Gasteiger charge is 2.43. The maximum absolute atomic E-state index is 12.6. The Kier molecular flexibility index (Phi) is 5.95. The molecule has 1 atom stereocenters. The van der Waals surface area contributed by atoms with Gasteiger partial charge in [0.15, 0.2) is 0 Å². The summed E-state index contributed by atoms with van der Waals surface area (Å²) in [5.41, 5.74) is 8.76. The van der Waals surface area contributed by atoms with Gasteiger partial charge in [-0.05, 0) is 49.8 Å². The summed E-state index contributed by atoms with van der Waals surface area (Å²) in [6.07, 6.45) is 6.53. The Hall–Kier alpha value is -2.20. The number of aryl methyl sites for hydroxylation is 1. The molecule has 0 saturated heterocycles. The summed E-state index contributed by atoms with van der Waals surface area (Å²) in [7, 11) is 0. The van der Waals surface area contributed by atoms with Crippen LogP contribution in [0.4, 0.5) is 5.69 Å². The van der Waals surface area contributed by atoms with Gasteiger partial charge in [0.05, 0.1) is 6.04 Å². The second kappa shape index (κ2) is 8.22. The molecule has 0 bridgehead atoms. The van der Waals surface area contributed by atoms with Crippen LogP contribution >= 0.6 is 12.4 Å². The van der Waals surface area contributed by atoms with Gasteiger partial charge >= 0.3 is 0 Å². The van der Waals surface area contributed by atoms with E-state index in [0.29, 0.717) is 12.8 Å². The summed E-state index contributed by atoms with van der Waals surface area (Å²) >= 11 is 0. The standard InChI is InChI=1S/C22H26N2O2.ClH/c23-18-9-3-1-7-16(18)11-12-21(25)24-19-15-22(13-5-6-14-22)26-20-10-4-2-8-17(19)20;/h1-4,7-10,19H,5-6,11-15,23H2,(H,24,25);1H. The highest BCUT2D eigenvalue weighted by atomic mass is 35.5. The smallest absolute Gasteiger partial charge is 0.220 e. The third-order valence-electron chi connectivity index (χ3n) is 5.72. The fourth-order valence-corrected chi connectivity index (χ4v) is 4.35. The first-order chi connectivity index (χ1) is 12.7. The van der Waals surface area contributed by atoms with Crippen molar-refractivity contribution >= 4 is 24.0 Å². The van der Waals surface area contributed by atoms with Crippen LogP contribution in [0, 0.1) is 0 Å². The molecular formula is C22H27ClN2O2. The van der Waals surface area contributed by atoms with E-state index >= 15 is 0 Å². The van der Waals surface area contributed by atoms with E-state index in [2.05, 4.69) is 11.4 Å². The van der Waals surface area contributed by atoms with Crippen molar-refractivity contribution in [3.63, 3.8) is 0 Å². The highest BCUT2D eigenvalue weighted by Crippen LogP contribution is 2.47. The molecule has 2 aliphatic rings. The van der Waals surface area contributed by atoms with Gasteiger partial charge in [0.2, 0.25) is 5.91 Å². The third kappa shape index (κ3) is 4.22. The third-order valence-corrected chi connectivity index (χ3v) is 5.72. The van der Waals surface area contributed by atoms with Crippen molar-refractivity contribution in [3.05, 3.63) is 59.7 Å². The normalized spacial score (nSPS) is 19.6. The van der Waals surface area contributed by atoms with Crippen molar-refractivity contribution < 1.29 is 9.53 Å². The van der Waals surface area contributed by atoms with Crippen molar-refractivity contribution in [2.45, 2.75) is 56.6 Å². The molecule has 144 valence electrons. The van der Waals surface area contributed by atoms with Crippen LogP contribution in [0.2, 0.25) is 0 Å². The van der Waals surface area contributed by atoms with Crippen LogP contribution < -0.4 is 15.8 Å². The van der Waals surface area contributed by atoms with Crippen LogP contribution in [-0.4, -0.2) is 11.5 Å². The minimum atomic E-state index is -0.101. The number of para-hydroxylation sites is 2. The molecule has 1 amide bonds. The summed E-state index contributed by atoms with van der Waals surface area (Å²) in [5, 5.41) is 3.26. The van der Waals surface area contributed by atoms with Gasteiger partial charge in [0.25, 0.3) is 0 Å². The van der Waals surface area contributed by atoms with Crippen LogP contribution in [0.1, 0.15) is 55.7 Å². The van der Waals surface area contributed by atoms with E-state index in [1.807, 2.05) is 42.5 Å². The minimum absolute atomic E-state index is 0. The SMILES string of the molecule is Cl.Nc1ccccc1CCC(=O)NC1CC2(CCCC2)Oc2ccccc21. The summed E-state index contributed by atoms with van der Waals surface area (Å²) < 4.78 is 6.37. The number of carbonyl (C=O) groups is 1. The number of amides is 1. The Bertz CT molecular complexity index is 802. The molecule has 0 radical (unpaired) electrons. The predicted molar refractivity (Wildman–Crippen MR) is 110 cm³/mol. The molecule has 1 aliphatic heterocycles. The molecule has 4 rings (SSSR count). The number of nitrogens with two attached hydrogens (primary N) is 1. The zero-order valence-electron chi connectivity index (χ0n) is 15.4. The quantitative estimate of drug-likeness (QED) is 0.756. The summed E-state index contributed by atoms with van der Waals surface area (Å²) in [6, 6.07) is 15.9. The first kappa shape index (κ1) is 19.6. The number of hydrogen-bond donors (Lipinski definition) is 2. The minimum Gasteiger partial charge on any atom is -0.487 e. The lowest BCUT2D eigenvalue weighted by Gasteiger charge is -2.40. The first-order valence-corrected chi connectivity index (χ1v) is 9.56. The summed E-state index contributed by atoms with van der Waals surface area (Å²) in [4.78, 5) is 12.6. The van der Waals surface area contributed by atoms with Gasteiger partial charge in [-0.25, -0.2) is 0 Å². The Labute approximate surface area is 166 Å². The van der Waals surface area contributed by atoms with Gasteiger partial charge in [-0.15, -0.1) is 12.4 Å². The van der Waals surface area contributed by atoms with Crippen LogP contribution in [0.15, 0.2) is 48.5 Å². The molecular weight excluding hydrogens is 360 g/mol. The number of nitrogen functional groups attached to an aromatic ring is 1. The van der Waals surface area contributed by atoms with E-state index in [9.17, 15) is 4.79 Å². The summed E-state index contributed by atoms with van der Waals surface area (Å²) in [6.45, 7) is 0. The topological polar surface area (TPSA) is 64.4 Å². The Morgan fingerprint density at radius 3 is 2.59 bits per heavy atom. The fraction of sp³-hybridized carbons (Fsp3) is 0.409. The lowest BCUT2D eigenvalue weighted by Crippen LogP contribution is -2.43. The molecule has 1 unspecified atom stereocenters. The second-order valence-corrected chi connectivity index (χ2v) is 7.55. The molecule has 5 heteroatoms. The lowest BCUT2D eigenvalue weighted by molar-refractivity contribution is -0.122. The van der Waals surface area contributed by atoms with Gasteiger partial charge in [0.1, 0.15) is 11.4 Å². The fourth-order valence-electron chi connectivity index (χ4n) is 4.35. The largest absolute Gasteiger partial charge is 0.487 e. The number of hydrogen-bond acceptors (Lipinski definition) is 3. The van der Waals surface area contributed by atoms with E-state index in [-0.39, 0.29) is 30.0 Å². The van der Waals surface area contributed by atoms with Crippen LogP contribution in [0.5, 0.6) is 5.75 Å². The first-order valence-electron chi connectivity index (χ1n) is 9.56. The number of halogens is 1. The lowest BCUT2D eigenvalue weighted by atomic mass is 9.86. The maximum atomic E-state index is 12.6. The average Bonchev–Trinajstić information content (AvgIpc) is 3.08. The van der Waals surface area contributed by atoms with E-state index < -0.39 is 0 Å². The molecule has 27 heavy (non-hydrogen) atoms. The Morgan fingerprint density at radius 1 is 1.11 bits per heavy atom. The van der Waals surface area contributed by atoms with Gasteiger partial charge in [0, 0.05) is 24.1 Å². The van der Waals surface area contributed by atoms with Crippen LogP contribution in [0.25, 0.3) is 0 Å². The predicted octanol–water partition coefficient (Wildman–Crippen LogP) is 4.58. The average molecular weight is 387 g/mol. The Morgan fingerprint density at radius 2 is 1.81 bits per heavy atom. The van der Waals surface area contributed by atoms with Crippen molar-refractivity contribution in [1.29, 1.82) is 0 Å². The van der Waals surface area contributed by atoms with E-state index in [1.54, 1.807) is 0 Å². The second-order valence-electron chi connectivity index (χ2n) is 7.55. The molecule has 1 spiro atoms. The molecule has 2 aromatic rings. The van der Waals surface area contributed by atoms with Gasteiger partial charge in [-0.3, -0.25) is 4.79 Å². The molecule has 0 aromatic heterocycles. The van der Waals surface area contributed by atoms with Crippen molar-refractivity contribution in [2.24, 2.45) is 0 Å². The van der Waals surface area contributed by atoms with Gasteiger partial charge < -0.3 is 15.8 Å². The van der Waals surface area contributed by atoms with Crippen LogP contribution in [0.3, 0.4) is 0 Å². The molecule has 1 saturated carbocycles. The number of fused-ring (bicyclic) bond motifs is 1. The number of rotatable bonds is 4. The zero-order valence-corrected chi connectivity index (χ0v) is 16.3. The molecule has 1 aliphatic carbocycles. The van der Waals surface area contributed by atoms with Crippen LogP contribution in [-0.2, 0) is 11.2 Å². The molecule has 1 fully saturated rings. The number of benzene rings is 2. The number of nitrogens with one attached hydrogen (secondary N) is 1. The molecule has 1 heterocycles. The molecule has 3 N–H and O–H groups in total. The van der Waals surface area contributed by atoms with Gasteiger partial charge in [-0.1, -0.05) is 36.4 Å². The highest BCUT2D eigenvalue weighted by molar-refractivity contribution is 5.85. The molecule has 4 nitrogen and oxygen atoms in total. The number of ether oxygens (including phenoxy) is 1. The van der Waals surface area contributed by atoms with E-state index in [4.69, 9.17) is 10.5 Å². The number of carbonyl (C=O) groups excluding carboxylic acids is 1.